The molecule has 16 nitrogen and oxygen atoms in total. The molecule has 68 heavy (non-hydrogen) atoms. The summed E-state index contributed by atoms with van der Waals surface area (Å²) < 4.78 is 23.7. The summed E-state index contributed by atoms with van der Waals surface area (Å²) in [5.41, 5.74) is 5.39. The van der Waals surface area contributed by atoms with Crippen molar-refractivity contribution in [2.45, 2.75) is 98.5 Å². The number of hydrogen-bond acceptors (Lipinski definition) is 12. The van der Waals surface area contributed by atoms with Crippen LogP contribution in [0.3, 0.4) is 0 Å². The number of nitrogens with one attached hydrogen (secondary N) is 2. The molecular weight excluding hydrogens is 907 g/mol. The van der Waals surface area contributed by atoms with Gasteiger partial charge in [-0.1, -0.05) is 45.9 Å². The molecule has 4 aromatic rings. The van der Waals surface area contributed by atoms with Crippen molar-refractivity contribution in [2.75, 3.05) is 56.0 Å². The topological polar surface area (TPSA) is 176 Å². The SMILES string of the molecule is [C-]#[N+]c1ccc(N2C(=O)C(C)(C)N(c3ccc(OCCOCCOCCOc4cc(-c5scnc5C)ccc4CNC(=O)[C@@H]4C[C@@H](O)CN4C(=O)[C@@H](NC(=O)CC)C(C)(C)C)cc3)C2=S)cc1C. The first-order valence-electron chi connectivity index (χ1n) is 22.6. The lowest BCUT2D eigenvalue weighted by molar-refractivity contribution is -0.144. The van der Waals surface area contributed by atoms with Crippen LogP contribution in [0.25, 0.3) is 15.3 Å². The maximum atomic E-state index is 13.8. The van der Waals surface area contributed by atoms with Crippen LogP contribution in [-0.4, -0.2) is 114 Å². The number of thiocarbonyl (C=S) groups is 1. The standard InChI is InChI=1S/C50H61N7O9S2/c1-10-42(59)54-44(49(4,5)6)46(61)55-29-37(58)27-40(55)45(60)52-28-34-12-11-33(43-32(3)53-30-68-43)26-41(34)66-24-22-64-20-19-63-21-23-65-38-16-13-35(14-17-38)57-48(67)56(47(62)50(57,7)8)36-15-18-39(51-9)31(2)25-36/h11-18,25-26,30,37,40,44,58H,10,19-24,27-29H2,1-8H3,(H,52,60)(H,54,59)/t37-,40+,44-/m1/s1. The molecule has 0 radical (unpaired) electrons. The van der Waals surface area contributed by atoms with E-state index < -0.39 is 41.0 Å². The van der Waals surface area contributed by atoms with Crippen molar-refractivity contribution >= 4 is 69.4 Å². The normalized spacial score (nSPS) is 17.3. The number of benzene rings is 3. The minimum atomic E-state index is -0.939. The first kappa shape index (κ1) is 51.4. The molecule has 2 aliphatic heterocycles. The van der Waals surface area contributed by atoms with E-state index in [9.17, 15) is 24.3 Å². The molecule has 6 rings (SSSR count). The number of aliphatic hydroxyl groups excluding tert-OH is 1. The van der Waals surface area contributed by atoms with Crippen LogP contribution < -0.4 is 29.9 Å². The molecule has 3 heterocycles. The van der Waals surface area contributed by atoms with Crippen molar-refractivity contribution in [3.8, 4) is 21.9 Å². The molecule has 3 atom stereocenters. The summed E-state index contributed by atoms with van der Waals surface area (Å²) in [5, 5.41) is 16.7. The van der Waals surface area contributed by atoms with Gasteiger partial charge in [-0.15, -0.1) is 11.3 Å². The highest BCUT2D eigenvalue weighted by molar-refractivity contribution is 7.81. The lowest BCUT2D eigenvalue weighted by Crippen LogP contribution is -2.57. The number of amides is 4. The van der Waals surface area contributed by atoms with Gasteiger partial charge in [-0.3, -0.25) is 24.1 Å². The lowest BCUT2D eigenvalue weighted by Gasteiger charge is -2.35. The molecule has 2 saturated heterocycles. The van der Waals surface area contributed by atoms with E-state index in [0.717, 1.165) is 27.4 Å². The summed E-state index contributed by atoms with van der Waals surface area (Å²) in [4.78, 5) is 67.1. The average molecular weight is 968 g/mol. The Bertz CT molecular complexity index is 2520. The zero-order valence-electron chi connectivity index (χ0n) is 39.9. The Morgan fingerprint density at radius 1 is 0.971 bits per heavy atom. The number of β-amino-alcohol motifs (C(OH)–C–C–N with tert-alkyl or cyclic N) is 1. The molecule has 2 fully saturated rings. The summed E-state index contributed by atoms with van der Waals surface area (Å²) in [5.74, 6) is -0.0784. The van der Waals surface area contributed by atoms with Gasteiger partial charge >= 0.3 is 0 Å². The van der Waals surface area contributed by atoms with E-state index in [0.29, 0.717) is 60.0 Å². The second kappa shape index (κ2) is 22.4. The van der Waals surface area contributed by atoms with E-state index >= 15 is 0 Å². The Labute approximate surface area is 407 Å². The lowest BCUT2D eigenvalue weighted by atomic mass is 9.85. The molecule has 18 heteroatoms. The van der Waals surface area contributed by atoms with Crippen molar-refractivity contribution in [1.29, 1.82) is 0 Å². The third kappa shape index (κ3) is 12.0. The molecule has 1 aromatic heterocycles. The number of aromatic nitrogens is 1. The van der Waals surface area contributed by atoms with Crippen LogP contribution in [0, 0.1) is 25.8 Å². The highest BCUT2D eigenvalue weighted by atomic mass is 32.1. The van der Waals surface area contributed by atoms with Gasteiger partial charge in [0, 0.05) is 42.9 Å². The van der Waals surface area contributed by atoms with Crippen LogP contribution in [0.5, 0.6) is 11.5 Å². The van der Waals surface area contributed by atoms with Gasteiger partial charge in [0.2, 0.25) is 17.7 Å². The molecule has 3 N–H and O–H groups in total. The van der Waals surface area contributed by atoms with Gasteiger partial charge in [-0.25, -0.2) is 9.83 Å². The second-order valence-corrected chi connectivity index (χ2v) is 19.5. The summed E-state index contributed by atoms with van der Waals surface area (Å²) in [7, 11) is 0. The number of aryl methyl sites for hydroxylation is 2. The van der Waals surface area contributed by atoms with Crippen LogP contribution in [0.1, 0.15) is 71.2 Å². The highest BCUT2D eigenvalue weighted by Gasteiger charge is 2.50. The zero-order valence-corrected chi connectivity index (χ0v) is 41.6. The Hall–Kier alpha value is -5.97. The Balaban J connectivity index is 0.956. The van der Waals surface area contributed by atoms with Gasteiger partial charge in [0.15, 0.2) is 10.8 Å². The summed E-state index contributed by atoms with van der Waals surface area (Å²) in [6, 6.07) is 16.6. The van der Waals surface area contributed by atoms with Crippen molar-refractivity contribution < 1.29 is 43.2 Å². The first-order chi connectivity index (χ1) is 32.3. The van der Waals surface area contributed by atoms with E-state index in [2.05, 4.69) is 20.5 Å². The van der Waals surface area contributed by atoms with Gasteiger partial charge in [-0.05, 0) is 98.9 Å². The third-order valence-corrected chi connectivity index (χ3v) is 13.2. The molecular formula is C50H61N7O9S2. The fourth-order valence-corrected chi connectivity index (χ4v) is 9.37. The monoisotopic (exact) mass is 967 g/mol. The molecule has 0 unspecified atom stereocenters. The Morgan fingerprint density at radius 3 is 2.25 bits per heavy atom. The van der Waals surface area contributed by atoms with Crippen LogP contribution in [0.2, 0.25) is 0 Å². The van der Waals surface area contributed by atoms with Crippen LogP contribution in [-0.2, 0) is 35.2 Å². The van der Waals surface area contributed by atoms with E-state index in [1.165, 1.54) is 21.1 Å². The summed E-state index contributed by atoms with van der Waals surface area (Å²) in [6.07, 6.45) is -0.597. The molecule has 2 aliphatic rings. The number of nitrogens with zero attached hydrogens (tertiary/aromatic N) is 5. The first-order valence-corrected chi connectivity index (χ1v) is 23.9. The molecule has 3 aromatic carbocycles. The molecule has 362 valence electrons. The third-order valence-electron chi connectivity index (χ3n) is 11.8. The number of rotatable bonds is 20. The fourth-order valence-electron chi connectivity index (χ4n) is 8.04. The van der Waals surface area contributed by atoms with Crippen molar-refractivity contribution in [3.05, 3.63) is 94.4 Å². The van der Waals surface area contributed by atoms with Gasteiger partial charge in [0.1, 0.15) is 42.3 Å². The van der Waals surface area contributed by atoms with E-state index in [1.807, 2.05) is 95.8 Å². The Morgan fingerprint density at radius 2 is 1.63 bits per heavy atom. The minimum Gasteiger partial charge on any atom is -0.491 e. The predicted molar refractivity (Wildman–Crippen MR) is 265 cm³/mol. The number of carbonyl (C=O) groups is 4. The van der Waals surface area contributed by atoms with E-state index in [4.69, 9.17) is 37.7 Å². The Kier molecular flexibility index (Phi) is 17.0. The van der Waals surface area contributed by atoms with Gasteiger partial charge < -0.3 is 44.5 Å². The van der Waals surface area contributed by atoms with Crippen molar-refractivity contribution in [1.82, 2.24) is 20.5 Å². The molecule has 0 aliphatic carbocycles. The quantitative estimate of drug-likeness (QED) is 0.0475. The van der Waals surface area contributed by atoms with Gasteiger partial charge in [0.25, 0.3) is 5.91 Å². The van der Waals surface area contributed by atoms with Gasteiger partial charge in [-0.2, -0.15) is 0 Å². The second-order valence-electron chi connectivity index (χ2n) is 18.2. The average Bonchev–Trinajstić information content (AvgIpc) is 3.97. The molecule has 4 amide bonds. The molecule has 0 saturated carbocycles. The van der Waals surface area contributed by atoms with Crippen molar-refractivity contribution in [3.63, 3.8) is 0 Å². The fraction of sp³-hybridized carbons (Fsp3) is 0.460. The smallest absolute Gasteiger partial charge is 0.259 e. The van der Waals surface area contributed by atoms with Crippen molar-refractivity contribution in [2.24, 2.45) is 5.41 Å². The number of likely N-dealkylation sites (tertiary alicyclic amines) is 1. The molecule has 0 spiro atoms. The summed E-state index contributed by atoms with van der Waals surface area (Å²) >= 11 is 7.34. The number of hydrogen-bond donors (Lipinski definition) is 3. The van der Waals surface area contributed by atoms with Gasteiger partial charge in [0.05, 0.1) is 55.2 Å². The maximum absolute atomic E-state index is 13.8. The number of aliphatic hydroxyl groups is 1. The number of thiazole rings is 1. The summed E-state index contributed by atoms with van der Waals surface area (Å²) in [6.45, 7) is 23.9. The maximum Gasteiger partial charge on any atom is 0.259 e. The number of ether oxygens (including phenoxy) is 4. The zero-order chi connectivity index (χ0) is 49.3. The van der Waals surface area contributed by atoms with Crippen LogP contribution in [0.15, 0.2) is 66.2 Å². The predicted octanol–water partition coefficient (Wildman–Crippen LogP) is 6.90. The molecule has 0 bridgehead atoms. The van der Waals surface area contributed by atoms with E-state index in [1.54, 1.807) is 30.6 Å². The van der Waals surface area contributed by atoms with Crippen LogP contribution in [0.4, 0.5) is 17.1 Å². The highest BCUT2D eigenvalue weighted by Crippen LogP contribution is 2.38. The van der Waals surface area contributed by atoms with E-state index in [-0.39, 0.29) is 51.0 Å². The number of anilines is 2. The minimum absolute atomic E-state index is 0.0138. The van der Waals surface area contributed by atoms with Crippen LogP contribution >= 0.6 is 23.6 Å². The largest absolute Gasteiger partial charge is 0.491 e. The number of carbonyl (C=O) groups excluding carboxylic acids is 4.